The standard InChI is InChI=1S/C10H16N2O3S/c1-4-15-10-7-5-6-9(11-10)8-12(2)16(3,13)14/h5-7H,4,8H2,1-3H3. The second-order valence-electron chi connectivity index (χ2n) is 3.42. The molecule has 0 aliphatic rings. The van der Waals surface area contributed by atoms with E-state index in [1.54, 1.807) is 18.2 Å². The predicted octanol–water partition coefficient (Wildman–Crippen LogP) is 0.872. The average Bonchev–Trinajstić information content (AvgIpc) is 2.17. The Labute approximate surface area is 96.1 Å². The molecule has 0 radical (unpaired) electrons. The van der Waals surface area contributed by atoms with E-state index in [2.05, 4.69) is 4.98 Å². The Hall–Kier alpha value is -1.14. The molecular formula is C10H16N2O3S. The van der Waals surface area contributed by atoms with Gasteiger partial charge in [0.1, 0.15) is 0 Å². The van der Waals surface area contributed by atoms with Gasteiger partial charge in [-0.25, -0.2) is 13.4 Å². The zero-order chi connectivity index (χ0) is 12.2. The Bertz CT molecular complexity index is 445. The maximum absolute atomic E-state index is 11.2. The molecule has 5 nitrogen and oxygen atoms in total. The molecule has 0 fully saturated rings. The molecule has 0 amide bonds. The normalized spacial score (nSPS) is 11.8. The summed E-state index contributed by atoms with van der Waals surface area (Å²) in [5, 5.41) is 0. The van der Waals surface area contributed by atoms with Gasteiger partial charge in [0.2, 0.25) is 15.9 Å². The Morgan fingerprint density at radius 3 is 2.69 bits per heavy atom. The summed E-state index contributed by atoms with van der Waals surface area (Å²) in [7, 11) is -1.66. The van der Waals surface area contributed by atoms with Crippen molar-refractivity contribution in [1.29, 1.82) is 0 Å². The maximum atomic E-state index is 11.2. The molecule has 0 N–H and O–H groups in total. The van der Waals surface area contributed by atoms with Gasteiger partial charge in [0.05, 0.1) is 25.1 Å². The van der Waals surface area contributed by atoms with E-state index in [9.17, 15) is 8.42 Å². The van der Waals surface area contributed by atoms with Crippen LogP contribution in [0.2, 0.25) is 0 Å². The van der Waals surface area contributed by atoms with Gasteiger partial charge in [0.25, 0.3) is 0 Å². The van der Waals surface area contributed by atoms with Crippen LogP contribution >= 0.6 is 0 Å². The third-order valence-electron chi connectivity index (χ3n) is 2.02. The van der Waals surface area contributed by atoms with Crippen molar-refractivity contribution in [1.82, 2.24) is 9.29 Å². The van der Waals surface area contributed by atoms with Crippen LogP contribution < -0.4 is 4.74 Å². The highest BCUT2D eigenvalue weighted by atomic mass is 32.2. The van der Waals surface area contributed by atoms with Crippen molar-refractivity contribution in [2.24, 2.45) is 0 Å². The maximum Gasteiger partial charge on any atom is 0.213 e. The number of rotatable bonds is 5. The van der Waals surface area contributed by atoms with E-state index < -0.39 is 10.0 Å². The molecule has 0 bridgehead atoms. The van der Waals surface area contributed by atoms with E-state index in [-0.39, 0.29) is 6.54 Å². The molecule has 1 aromatic rings. The first-order valence-corrected chi connectivity index (χ1v) is 6.78. The highest BCUT2D eigenvalue weighted by Crippen LogP contribution is 2.10. The van der Waals surface area contributed by atoms with Gasteiger partial charge in [0, 0.05) is 13.1 Å². The number of hydrogen-bond acceptors (Lipinski definition) is 4. The van der Waals surface area contributed by atoms with E-state index in [0.29, 0.717) is 18.2 Å². The third-order valence-corrected chi connectivity index (χ3v) is 3.29. The Morgan fingerprint density at radius 1 is 1.44 bits per heavy atom. The highest BCUT2D eigenvalue weighted by molar-refractivity contribution is 7.88. The van der Waals surface area contributed by atoms with Crippen molar-refractivity contribution in [3.05, 3.63) is 23.9 Å². The van der Waals surface area contributed by atoms with Crippen LogP contribution in [0.4, 0.5) is 0 Å². The second-order valence-corrected chi connectivity index (χ2v) is 5.51. The molecule has 0 saturated heterocycles. The minimum Gasteiger partial charge on any atom is -0.478 e. The van der Waals surface area contributed by atoms with E-state index in [1.165, 1.54) is 17.6 Å². The van der Waals surface area contributed by atoms with Crippen LogP contribution in [0.5, 0.6) is 5.88 Å². The largest absolute Gasteiger partial charge is 0.478 e. The van der Waals surface area contributed by atoms with Crippen LogP contribution in [0.1, 0.15) is 12.6 Å². The van der Waals surface area contributed by atoms with Gasteiger partial charge in [-0.3, -0.25) is 0 Å². The first-order valence-electron chi connectivity index (χ1n) is 4.93. The molecule has 0 aromatic carbocycles. The van der Waals surface area contributed by atoms with Crippen molar-refractivity contribution in [2.75, 3.05) is 19.9 Å². The molecule has 16 heavy (non-hydrogen) atoms. The molecule has 0 aliphatic carbocycles. The summed E-state index contributed by atoms with van der Waals surface area (Å²) in [4.78, 5) is 4.19. The molecule has 0 spiro atoms. The third kappa shape index (κ3) is 3.79. The number of nitrogens with zero attached hydrogens (tertiary/aromatic N) is 2. The number of pyridine rings is 1. The molecule has 0 saturated carbocycles. The molecule has 1 heterocycles. The van der Waals surface area contributed by atoms with E-state index in [1.807, 2.05) is 6.92 Å². The summed E-state index contributed by atoms with van der Waals surface area (Å²) in [5.41, 5.74) is 0.666. The van der Waals surface area contributed by atoms with E-state index >= 15 is 0 Å². The van der Waals surface area contributed by atoms with Crippen LogP contribution in [0.15, 0.2) is 18.2 Å². The molecule has 1 rings (SSSR count). The van der Waals surface area contributed by atoms with Crippen molar-refractivity contribution < 1.29 is 13.2 Å². The summed E-state index contributed by atoms with van der Waals surface area (Å²) in [6.45, 7) is 2.66. The van der Waals surface area contributed by atoms with Crippen LogP contribution in [-0.4, -0.2) is 37.6 Å². The lowest BCUT2D eigenvalue weighted by molar-refractivity contribution is 0.324. The van der Waals surface area contributed by atoms with Crippen molar-refractivity contribution in [3.8, 4) is 5.88 Å². The zero-order valence-electron chi connectivity index (χ0n) is 9.67. The van der Waals surface area contributed by atoms with Gasteiger partial charge in [0.15, 0.2) is 0 Å². The minimum absolute atomic E-state index is 0.250. The number of ether oxygens (including phenoxy) is 1. The fourth-order valence-electron chi connectivity index (χ4n) is 1.12. The van der Waals surface area contributed by atoms with E-state index in [4.69, 9.17) is 4.74 Å². The summed E-state index contributed by atoms with van der Waals surface area (Å²) < 4.78 is 28.9. The second kappa shape index (κ2) is 5.27. The number of aromatic nitrogens is 1. The molecule has 0 atom stereocenters. The first-order chi connectivity index (χ1) is 7.43. The molecule has 6 heteroatoms. The average molecular weight is 244 g/mol. The van der Waals surface area contributed by atoms with Gasteiger partial charge in [-0.05, 0) is 13.0 Å². The van der Waals surface area contributed by atoms with Crippen molar-refractivity contribution >= 4 is 10.0 Å². The monoisotopic (exact) mass is 244 g/mol. The molecular weight excluding hydrogens is 228 g/mol. The molecule has 0 unspecified atom stereocenters. The van der Waals surface area contributed by atoms with Crippen LogP contribution in [0, 0.1) is 0 Å². The smallest absolute Gasteiger partial charge is 0.213 e. The molecule has 1 aromatic heterocycles. The van der Waals surface area contributed by atoms with E-state index in [0.717, 1.165) is 0 Å². The fourth-order valence-corrected chi connectivity index (χ4v) is 1.49. The van der Waals surface area contributed by atoms with Gasteiger partial charge in [-0.2, -0.15) is 4.31 Å². The summed E-state index contributed by atoms with van der Waals surface area (Å²) in [6.07, 6.45) is 1.17. The van der Waals surface area contributed by atoms with Crippen molar-refractivity contribution in [3.63, 3.8) is 0 Å². The highest BCUT2D eigenvalue weighted by Gasteiger charge is 2.12. The first kappa shape index (κ1) is 12.9. The number of hydrogen-bond donors (Lipinski definition) is 0. The Balaban J connectivity index is 2.78. The number of sulfonamides is 1. The lowest BCUT2D eigenvalue weighted by Gasteiger charge is -2.13. The molecule has 0 aliphatic heterocycles. The topological polar surface area (TPSA) is 59.5 Å². The van der Waals surface area contributed by atoms with Gasteiger partial charge < -0.3 is 4.74 Å². The van der Waals surface area contributed by atoms with Crippen molar-refractivity contribution in [2.45, 2.75) is 13.5 Å². The summed E-state index contributed by atoms with van der Waals surface area (Å²) in [6, 6.07) is 5.31. The van der Waals surface area contributed by atoms with Gasteiger partial charge >= 0.3 is 0 Å². The quantitative estimate of drug-likeness (QED) is 0.771. The van der Waals surface area contributed by atoms with Gasteiger partial charge in [-0.15, -0.1) is 0 Å². The van der Waals surface area contributed by atoms with Crippen LogP contribution in [0.25, 0.3) is 0 Å². The van der Waals surface area contributed by atoms with Gasteiger partial charge in [-0.1, -0.05) is 6.07 Å². The lowest BCUT2D eigenvalue weighted by atomic mass is 10.3. The summed E-state index contributed by atoms with van der Waals surface area (Å²) >= 11 is 0. The van der Waals surface area contributed by atoms with Crippen LogP contribution in [-0.2, 0) is 16.6 Å². The minimum atomic E-state index is -3.17. The summed E-state index contributed by atoms with van der Waals surface area (Å²) in [5.74, 6) is 0.516. The van der Waals surface area contributed by atoms with Crippen LogP contribution in [0.3, 0.4) is 0 Å². The predicted molar refractivity (Wildman–Crippen MR) is 61.7 cm³/mol. The fraction of sp³-hybridized carbons (Fsp3) is 0.500. The Kier molecular flexibility index (Phi) is 4.26. The SMILES string of the molecule is CCOc1cccc(CN(C)S(C)(=O)=O)n1. The molecule has 90 valence electrons. The lowest BCUT2D eigenvalue weighted by Crippen LogP contribution is -2.25. The Morgan fingerprint density at radius 2 is 2.12 bits per heavy atom. The zero-order valence-corrected chi connectivity index (χ0v) is 10.5.